The number of aromatic nitrogens is 7. The van der Waals surface area contributed by atoms with Crippen LogP contribution in [0.25, 0.3) is 45.2 Å². The van der Waals surface area contributed by atoms with E-state index < -0.39 is 8.32 Å². The van der Waals surface area contributed by atoms with E-state index in [2.05, 4.69) is 53.8 Å². The second kappa shape index (κ2) is 9.60. The van der Waals surface area contributed by atoms with Crippen LogP contribution in [0.5, 0.6) is 0 Å². The summed E-state index contributed by atoms with van der Waals surface area (Å²) < 4.78 is 20.0. The first kappa shape index (κ1) is 24.9. The number of fused-ring (bicyclic) bond motifs is 1. The number of aromatic amines is 1. The minimum atomic E-state index is -1.91. The summed E-state index contributed by atoms with van der Waals surface area (Å²) in [6, 6.07) is 16.1. The third-order valence-electron chi connectivity index (χ3n) is 6.89. The molecule has 5 rings (SSSR count). The Morgan fingerprint density at radius 3 is 2.30 bits per heavy atom. The van der Waals surface area contributed by atoms with E-state index in [0.29, 0.717) is 47.2 Å². The molecule has 0 amide bonds. The van der Waals surface area contributed by atoms with Crippen molar-refractivity contribution in [3.8, 4) is 34.0 Å². The zero-order chi connectivity index (χ0) is 26.2. The molecule has 0 saturated heterocycles. The molecule has 0 aliphatic rings. The molecule has 0 fully saturated rings. The normalized spacial score (nSPS) is 12.4. The maximum absolute atomic E-state index is 13.7. The van der Waals surface area contributed by atoms with Crippen molar-refractivity contribution in [2.45, 2.75) is 45.4 Å². The highest BCUT2D eigenvalue weighted by molar-refractivity contribution is 6.74. The fourth-order valence-electron chi connectivity index (χ4n) is 3.75. The van der Waals surface area contributed by atoms with Crippen molar-refractivity contribution in [3.63, 3.8) is 0 Å². The highest BCUT2D eigenvalue weighted by Crippen LogP contribution is 2.36. The first-order valence-corrected chi connectivity index (χ1v) is 15.1. The Labute approximate surface area is 216 Å². The number of hydrogen-bond donors (Lipinski definition) is 1. The lowest BCUT2D eigenvalue weighted by Gasteiger charge is -2.36. The van der Waals surface area contributed by atoms with Gasteiger partial charge in [0.15, 0.2) is 14.0 Å². The van der Waals surface area contributed by atoms with Gasteiger partial charge in [-0.15, -0.1) is 0 Å². The lowest BCUT2D eigenvalue weighted by Crippen LogP contribution is -2.41. The van der Waals surface area contributed by atoms with Crippen molar-refractivity contribution < 1.29 is 8.82 Å². The molecule has 8 nitrogen and oxygen atoms in total. The minimum Gasteiger partial charge on any atom is -0.415 e. The quantitative estimate of drug-likeness (QED) is 0.263. The fraction of sp³-hybridized carbons (Fsp3) is 0.296. The van der Waals surface area contributed by atoms with Crippen molar-refractivity contribution in [3.05, 3.63) is 66.7 Å². The van der Waals surface area contributed by atoms with Crippen LogP contribution in [0, 0.1) is 5.82 Å². The number of nitrogens with zero attached hydrogens (tertiary/aromatic N) is 6. The van der Waals surface area contributed by atoms with Crippen LogP contribution in [0.2, 0.25) is 18.1 Å². The summed E-state index contributed by atoms with van der Waals surface area (Å²) in [5.74, 6) is 0.377. The van der Waals surface area contributed by atoms with Gasteiger partial charge in [-0.25, -0.2) is 19.3 Å². The standard InChI is InChI=1S/C27H30FN7OSi/c1-27(2,3)37(4,5)36-16-15-35-33-21(18-11-13-20(28)14-12-18)23(34-35)22-24-26(30-17-29-22)32-25(31-24)19-9-7-6-8-10-19/h6-14,17H,15-16H2,1-5H3,(H,29,30,31,32). The van der Waals surface area contributed by atoms with Crippen LogP contribution in [0.1, 0.15) is 20.8 Å². The third kappa shape index (κ3) is 5.07. The molecule has 2 aromatic carbocycles. The fourth-order valence-corrected chi connectivity index (χ4v) is 4.78. The highest BCUT2D eigenvalue weighted by atomic mass is 28.4. The minimum absolute atomic E-state index is 0.110. The molecule has 0 saturated carbocycles. The Kier molecular flexibility index (Phi) is 6.46. The maximum atomic E-state index is 13.7. The second-order valence-corrected chi connectivity index (χ2v) is 15.3. The van der Waals surface area contributed by atoms with E-state index in [1.165, 1.54) is 18.5 Å². The average Bonchev–Trinajstić information content (AvgIpc) is 3.49. The van der Waals surface area contributed by atoms with Crippen LogP contribution in [-0.4, -0.2) is 49.9 Å². The number of imidazole rings is 1. The number of H-pyrrole nitrogens is 1. The molecular weight excluding hydrogens is 485 g/mol. The summed E-state index contributed by atoms with van der Waals surface area (Å²) in [6.45, 7) is 12.1. The summed E-state index contributed by atoms with van der Waals surface area (Å²) in [4.78, 5) is 18.6. The molecule has 0 bridgehead atoms. The summed E-state index contributed by atoms with van der Waals surface area (Å²) in [7, 11) is -1.91. The van der Waals surface area contributed by atoms with Crippen molar-refractivity contribution in [1.29, 1.82) is 0 Å². The van der Waals surface area contributed by atoms with Crippen LogP contribution < -0.4 is 0 Å². The Bertz CT molecular complexity index is 1520. The highest BCUT2D eigenvalue weighted by Gasteiger charge is 2.37. The number of rotatable bonds is 7. The number of halogens is 1. The molecule has 0 aliphatic heterocycles. The summed E-state index contributed by atoms with van der Waals surface area (Å²) >= 11 is 0. The van der Waals surface area contributed by atoms with Crippen molar-refractivity contribution >= 4 is 19.5 Å². The molecule has 0 atom stereocenters. The summed E-state index contributed by atoms with van der Waals surface area (Å²) in [5.41, 5.74) is 4.62. The van der Waals surface area contributed by atoms with Gasteiger partial charge in [-0.3, -0.25) is 0 Å². The van der Waals surface area contributed by atoms with Crippen molar-refractivity contribution in [1.82, 2.24) is 34.9 Å². The van der Waals surface area contributed by atoms with Gasteiger partial charge in [-0.2, -0.15) is 15.0 Å². The number of hydrogen-bond acceptors (Lipinski definition) is 6. The van der Waals surface area contributed by atoms with Gasteiger partial charge in [0.25, 0.3) is 0 Å². The number of nitrogens with one attached hydrogen (secondary N) is 1. The van der Waals surface area contributed by atoms with Gasteiger partial charge >= 0.3 is 0 Å². The van der Waals surface area contributed by atoms with Crippen LogP contribution in [0.3, 0.4) is 0 Å². The summed E-state index contributed by atoms with van der Waals surface area (Å²) in [6.07, 6.45) is 1.47. The van der Waals surface area contributed by atoms with Gasteiger partial charge in [-0.05, 0) is 42.4 Å². The third-order valence-corrected chi connectivity index (χ3v) is 11.4. The molecule has 10 heteroatoms. The van der Waals surface area contributed by atoms with E-state index >= 15 is 0 Å². The van der Waals surface area contributed by atoms with Crippen molar-refractivity contribution in [2.24, 2.45) is 0 Å². The maximum Gasteiger partial charge on any atom is 0.192 e. The molecule has 3 heterocycles. The zero-order valence-electron chi connectivity index (χ0n) is 21.7. The predicted octanol–water partition coefficient (Wildman–Crippen LogP) is 6.11. The van der Waals surface area contributed by atoms with Gasteiger partial charge in [-0.1, -0.05) is 51.1 Å². The van der Waals surface area contributed by atoms with Crippen LogP contribution >= 0.6 is 0 Å². The van der Waals surface area contributed by atoms with Crippen molar-refractivity contribution in [2.75, 3.05) is 6.61 Å². The average molecular weight is 516 g/mol. The molecule has 0 spiro atoms. The predicted molar refractivity (Wildman–Crippen MR) is 145 cm³/mol. The van der Waals surface area contributed by atoms with E-state index in [0.717, 1.165) is 11.1 Å². The summed E-state index contributed by atoms with van der Waals surface area (Å²) in [5, 5.41) is 9.68. The van der Waals surface area contributed by atoms with Crippen LogP contribution in [0.15, 0.2) is 60.9 Å². The van der Waals surface area contributed by atoms with Gasteiger partial charge < -0.3 is 9.41 Å². The lowest BCUT2D eigenvalue weighted by molar-refractivity contribution is 0.258. The monoisotopic (exact) mass is 515 g/mol. The van der Waals surface area contributed by atoms with E-state index in [4.69, 9.17) is 14.6 Å². The molecule has 3 aromatic heterocycles. The molecule has 37 heavy (non-hydrogen) atoms. The SMILES string of the molecule is CC(C)(C)[Si](C)(C)OCCn1nc(-c2ccc(F)cc2)c(-c2ncnc3nc(-c4ccccc4)[nH]c23)n1. The van der Waals surface area contributed by atoms with Crippen LogP contribution in [0.4, 0.5) is 4.39 Å². The van der Waals surface area contributed by atoms with E-state index in [9.17, 15) is 4.39 Å². The molecule has 5 aromatic rings. The van der Waals surface area contributed by atoms with E-state index in [-0.39, 0.29) is 10.9 Å². The molecule has 1 N–H and O–H groups in total. The largest absolute Gasteiger partial charge is 0.415 e. The Morgan fingerprint density at radius 1 is 0.892 bits per heavy atom. The van der Waals surface area contributed by atoms with Gasteiger partial charge in [0, 0.05) is 11.1 Å². The smallest absolute Gasteiger partial charge is 0.192 e. The Morgan fingerprint density at radius 2 is 1.59 bits per heavy atom. The molecule has 0 aliphatic carbocycles. The molecule has 0 unspecified atom stereocenters. The van der Waals surface area contributed by atoms with E-state index in [1.54, 1.807) is 16.9 Å². The molecule has 0 radical (unpaired) electrons. The van der Waals surface area contributed by atoms with Gasteiger partial charge in [0.2, 0.25) is 0 Å². The lowest BCUT2D eigenvalue weighted by atomic mass is 10.1. The second-order valence-electron chi connectivity index (χ2n) is 10.5. The topological polar surface area (TPSA) is 94.4 Å². The van der Waals surface area contributed by atoms with E-state index in [1.807, 2.05) is 30.3 Å². The van der Waals surface area contributed by atoms with Crippen LogP contribution in [-0.2, 0) is 11.0 Å². The Hall–Kier alpha value is -3.76. The first-order valence-electron chi connectivity index (χ1n) is 12.2. The zero-order valence-corrected chi connectivity index (χ0v) is 22.7. The first-order chi connectivity index (χ1) is 17.6. The number of benzene rings is 2. The molecule has 190 valence electrons. The van der Waals surface area contributed by atoms with Gasteiger partial charge in [0.1, 0.15) is 40.6 Å². The van der Waals surface area contributed by atoms with Gasteiger partial charge in [0.05, 0.1) is 13.2 Å². The Balaban J connectivity index is 1.55. The molecular formula is C27H30FN7OSi.